The smallest absolute Gasteiger partial charge is 0.309 e. The molecule has 0 aliphatic carbocycles. The number of aliphatic carboxylic acids is 1. The minimum Gasteiger partial charge on any atom is -0.481 e. The second-order valence-corrected chi connectivity index (χ2v) is 5.63. The van der Waals surface area contributed by atoms with Crippen LogP contribution in [0.1, 0.15) is 25.1 Å². The fourth-order valence-electron chi connectivity index (χ4n) is 1.68. The number of thiazole rings is 1. The van der Waals surface area contributed by atoms with E-state index in [0.29, 0.717) is 12.3 Å². The summed E-state index contributed by atoms with van der Waals surface area (Å²) in [6.45, 7) is 4.61. The van der Waals surface area contributed by atoms with Crippen LogP contribution in [0.25, 0.3) is 10.6 Å². The molecule has 2 aromatic rings. The molecule has 0 radical (unpaired) electrons. The van der Waals surface area contributed by atoms with Gasteiger partial charge in [0.15, 0.2) is 0 Å². The average Bonchev–Trinajstić information content (AvgIpc) is 2.84. The molecule has 0 fully saturated rings. The van der Waals surface area contributed by atoms with Crippen molar-refractivity contribution >= 4 is 17.3 Å². The summed E-state index contributed by atoms with van der Waals surface area (Å²) in [5.74, 6) is -0.858. The third-order valence-electron chi connectivity index (χ3n) is 2.67. The first-order valence-electron chi connectivity index (χ1n) is 6.41. The van der Waals surface area contributed by atoms with Crippen LogP contribution in [0.5, 0.6) is 0 Å². The molecule has 106 valence electrons. The molecule has 0 atom stereocenters. The van der Waals surface area contributed by atoms with Gasteiger partial charge >= 0.3 is 5.97 Å². The number of rotatable bonds is 6. The van der Waals surface area contributed by atoms with Crippen molar-refractivity contribution in [1.82, 2.24) is 4.98 Å². The molecule has 5 heteroatoms. The van der Waals surface area contributed by atoms with Gasteiger partial charge in [0.25, 0.3) is 0 Å². The maximum atomic E-state index is 10.6. The fraction of sp³-hybridized carbons (Fsp3) is 0.333. The van der Waals surface area contributed by atoms with E-state index < -0.39 is 5.97 Å². The van der Waals surface area contributed by atoms with Crippen LogP contribution in [0.15, 0.2) is 29.6 Å². The molecular weight excluding hydrogens is 274 g/mol. The minimum atomic E-state index is -0.858. The first-order chi connectivity index (χ1) is 9.54. The van der Waals surface area contributed by atoms with Gasteiger partial charge < -0.3 is 9.84 Å². The standard InChI is InChI=1S/C15H17NO3S/c1-10(2)19-8-11-3-5-12(6-4-11)15-16-13(9-20-15)7-14(17)18/h3-6,9-10H,7-8H2,1-2H3,(H,17,18). The van der Waals surface area contributed by atoms with E-state index in [9.17, 15) is 4.79 Å². The van der Waals surface area contributed by atoms with E-state index in [1.807, 2.05) is 38.1 Å². The molecule has 0 aliphatic heterocycles. The Morgan fingerprint density at radius 2 is 2.05 bits per heavy atom. The molecule has 0 unspecified atom stereocenters. The first-order valence-corrected chi connectivity index (χ1v) is 7.29. The topological polar surface area (TPSA) is 59.4 Å². The number of ether oxygens (including phenoxy) is 1. The minimum absolute atomic E-state index is 0.0309. The van der Waals surface area contributed by atoms with Gasteiger partial charge in [-0.05, 0) is 19.4 Å². The van der Waals surface area contributed by atoms with Crippen molar-refractivity contribution in [3.63, 3.8) is 0 Å². The Balaban J connectivity index is 2.05. The molecule has 1 aromatic carbocycles. The molecule has 4 nitrogen and oxygen atoms in total. The fourth-order valence-corrected chi connectivity index (χ4v) is 2.51. The van der Waals surface area contributed by atoms with Gasteiger partial charge in [0.2, 0.25) is 0 Å². The molecule has 0 bridgehead atoms. The number of aromatic nitrogens is 1. The lowest BCUT2D eigenvalue weighted by Gasteiger charge is -2.07. The van der Waals surface area contributed by atoms with E-state index in [1.54, 1.807) is 5.38 Å². The van der Waals surface area contributed by atoms with Crippen molar-refractivity contribution in [2.75, 3.05) is 0 Å². The van der Waals surface area contributed by atoms with E-state index in [4.69, 9.17) is 9.84 Å². The molecule has 0 spiro atoms. The Labute approximate surface area is 122 Å². The van der Waals surface area contributed by atoms with Crippen molar-refractivity contribution in [1.29, 1.82) is 0 Å². The first kappa shape index (κ1) is 14.7. The Morgan fingerprint density at radius 1 is 1.35 bits per heavy atom. The monoisotopic (exact) mass is 291 g/mol. The summed E-state index contributed by atoms with van der Waals surface area (Å²) in [4.78, 5) is 15.0. The zero-order valence-electron chi connectivity index (χ0n) is 11.5. The number of carbonyl (C=O) groups is 1. The number of nitrogens with zero attached hydrogens (tertiary/aromatic N) is 1. The van der Waals surface area contributed by atoms with E-state index >= 15 is 0 Å². The van der Waals surface area contributed by atoms with Gasteiger partial charge in [0, 0.05) is 10.9 Å². The second kappa shape index (κ2) is 6.63. The summed E-state index contributed by atoms with van der Waals surface area (Å²) in [6, 6.07) is 8.00. The highest BCUT2D eigenvalue weighted by molar-refractivity contribution is 7.13. The Bertz CT molecular complexity index is 575. The number of carboxylic acid groups (broad SMARTS) is 1. The lowest BCUT2D eigenvalue weighted by Crippen LogP contribution is -2.02. The summed E-state index contributed by atoms with van der Waals surface area (Å²) >= 11 is 1.46. The maximum absolute atomic E-state index is 10.6. The van der Waals surface area contributed by atoms with Crippen LogP contribution in [0.3, 0.4) is 0 Å². The van der Waals surface area contributed by atoms with Gasteiger partial charge in [-0.2, -0.15) is 0 Å². The molecule has 20 heavy (non-hydrogen) atoms. The number of benzene rings is 1. The summed E-state index contributed by atoms with van der Waals surface area (Å²) in [5.41, 5.74) is 2.72. The maximum Gasteiger partial charge on any atom is 0.309 e. The highest BCUT2D eigenvalue weighted by atomic mass is 32.1. The van der Waals surface area contributed by atoms with Crippen LogP contribution < -0.4 is 0 Å². The molecule has 1 aromatic heterocycles. The van der Waals surface area contributed by atoms with Crippen molar-refractivity contribution in [3.8, 4) is 10.6 Å². The highest BCUT2D eigenvalue weighted by Crippen LogP contribution is 2.24. The predicted octanol–water partition coefficient (Wildman–Crippen LogP) is 3.36. The van der Waals surface area contributed by atoms with Crippen molar-refractivity contribution in [2.45, 2.75) is 33.0 Å². The number of hydrogen-bond donors (Lipinski definition) is 1. The van der Waals surface area contributed by atoms with Crippen LogP contribution in [-0.2, 0) is 22.6 Å². The Kier molecular flexibility index (Phi) is 4.87. The summed E-state index contributed by atoms with van der Waals surface area (Å²) < 4.78 is 5.54. The van der Waals surface area contributed by atoms with Crippen molar-refractivity contribution < 1.29 is 14.6 Å². The van der Waals surface area contributed by atoms with E-state index in [0.717, 1.165) is 16.1 Å². The number of carboxylic acids is 1. The summed E-state index contributed by atoms with van der Waals surface area (Å²) in [7, 11) is 0. The zero-order chi connectivity index (χ0) is 14.5. The predicted molar refractivity (Wildman–Crippen MR) is 78.8 cm³/mol. The molecule has 2 rings (SSSR count). The molecule has 0 aliphatic rings. The average molecular weight is 291 g/mol. The quantitative estimate of drug-likeness (QED) is 0.886. The van der Waals surface area contributed by atoms with Crippen LogP contribution in [0, 0.1) is 0 Å². The van der Waals surface area contributed by atoms with Gasteiger partial charge in [0.05, 0.1) is 24.8 Å². The molecular formula is C15H17NO3S. The van der Waals surface area contributed by atoms with E-state index in [-0.39, 0.29) is 12.5 Å². The van der Waals surface area contributed by atoms with Crippen molar-refractivity contribution in [2.24, 2.45) is 0 Å². The highest BCUT2D eigenvalue weighted by Gasteiger charge is 2.08. The largest absolute Gasteiger partial charge is 0.481 e. The molecule has 0 amide bonds. The van der Waals surface area contributed by atoms with Crippen LogP contribution in [-0.4, -0.2) is 22.2 Å². The third kappa shape index (κ3) is 4.15. The molecule has 0 saturated carbocycles. The third-order valence-corrected chi connectivity index (χ3v) is 3.61. The van der Waals surface area contributed by atoms with Crippen molar-refractivity contribution in [3.05, 3.63) is 40.9 Å². The lowest BCUT2D eigenvalue weighted by molar-refractivity contribution is -0.136. The SMILES string of the molecule is CC(C)OCc1ccc(-c2nc(CC(=O)O)cs2)cc1. The molecule has 1 N–H and O–H groups in total. The van der Waals surface area contributed by atoms with Gasteiger partial charge in [-0.3, -0.25) is 4.79 Å². The van der Waals surface area contributed by atoms with Gasteiger partial charge in [-0.1, -0.05) is 24.3 Å². The summed E-state index contributed by atoms with van der Waals surface area (Å²) in [5, 5.41) is 11.4. The zero-order valence-corrected chi connectivity index (χ0v) is 12.3. The van der Waals surface area contributed by atoms with E-state index in [2.05, 4.69) is 4.98 Å². The van der Waals surface area contributed by atoms with Gasteiger partial charge in [0.1, 0.15) is 5.01 Å². The van der Waals surface area contributed by atoms with Gasteiger partial charge in [-0.15, -0.1) is 11.3 Å². The van der Waals surface area contributed by atoms with Crippen LogP contribution in [0.4, 0.5) is 0 Å². The second-order valence-electron chi connectivity index (χ2n) is 4.77. The summed E-state index contributed by atoms with van der Waals surface area (Å²) in [6.07, 6.45) is 0.184. The Hall–Kier alpha value is -1.72. The number of hydrogen-bond acceptors (Lipinski definition) is 4. The lowest BCUT2D eigenvalue weighted by atomic mass is 10.1. The van der Waals surface area contributed by atoms with Gasteiger partial charge in [-0.25, -0.2) is 4.98 Å². The van der Waals surface area contributed by atoms with E-state index in [1.165, 1.54) is 11.3 Å². The Morgan fingerprint density at radius 3 is 2.65 bits per heavy atom. The molecule has 0 saturated heterocycles. The van der Waals surface area contributed by atoms with Crippen LogP contribution >= 0.6 is 11.3 Å². The molecule has 1 heterocycles. The normalized spacial score (nSPS) is 10.9. The van der Waals surface area contributed by atoms with Crippen LogP contribution in [0.2, 0.25) is 0 Å².